The lowest BCUT2D eigenvalue weighted by Gasteiger charge is -2.41. The van der Waals surface area contributed by atoms with Crippen LogP contribution in [0.2, 0.25) is 18.1 Å². The van der Waals surface area contributed by atoms with E-state index in [1.54, 1.807) is 27.8 Å². The molecule has 1 atom stereocenters. The maximum absolute atomic E-state index is 13.1. The van der Waals surface area contributed by atoms with Crippen molar-refractivity contribution in [3.8, 4) is 11.5 Å². The predicted octanol–water partition coefficient (Wildman–Crippen LogP) is 5.65. The molecule has 1 aromatic carbocycles. The van der Waals surface area contributed by atoms with Gasteiger partial charge in [0.25, 0.3) is 5.91 Å². The number of benzene rings is 1. The van der Waals surface area contributed by atoms with Crippen LogP contribution in [0.3, 0.4) is 0 Å². The van der Waals surface area contributed by atoms with Gasteiger partial charge in [-0.1, -0.05) is 20.8 Å². The summed E-state index contributed by atoms with van der Waals surface area (Å²) in [5.41, 5.74) is -0.0450. The van der Waals surface area contributed by atoms with Gasteiger partial charge in [0.2, 0.25) is 0 Å². The van der Waals surface area contributed by atoms with Crippen molar-refractivity contribution in [3.63, 3.8) is 0 Å². The second-order valence-electron chi connectivity index (χ2n) is 12.4. The van der Waals surface area contributed by atoms with E-state index < -0.39 is 26.1 Å². The van der Waals surface area contributed by atoms with E-state index >= 15 is 0 Å². The molecule has 36 heavy (non-hydrogen) atoms. The van der Waals surface area contributed by atoms with Crippen molar-refractivity contribution in [2.75, 3.05) is 18.6 Å². The van der Waals surface area contributed by atoms with Gasteiger partial charge >= 0.3 is 6.09 Å². The molecule has 202 valence electrons. The minimum Gasteiger partial charge on any atom is -0.490 e. The first-order valence-electron chi connectivity index (χ1n) is 12.9. The summed E-state index contributed by atoms with van der Waals surface area (Å²) in [7, 11) is -0.105. The molecule has 2 aliphatic rings. The fourth-order valence-corrected chi connectivity index (χ4v) is 5.58. The van der Waals surface area contributed by atoms with Gasteiger partial charge in [0.05, 0.1) is 11.8 Å². The number of ether oxygens (including phenoxy) is 3. The first-order chi connectivity index (χ1) is 16.6. The van der Waals surface area contributed by atoms with Gasteiger partial charge in [-0.25, -0.2) is 4.79 Å². The van der Waals surface area contributed by atoms with Crippen LogP contribution in [0.1, 0.15) is 67.2 Å². The first-order valence-corrected chi connectivity index (χ1v) is 15.8. The summed E-state index contributed by atoms with van der Waals surface area (Å²) >= 11 is 0. The van der Waals surface area contributed by atoms with Crippen LogP contribution in [-0.2, 0) is 14.0 Å². The van der Waals surface area contributed by atoms with Crippen LogP contribution < -0.4 is 19.7 Å². The zero-order valence-electron chi connectivity index (χ0n) is 23.4. The molecule has 1 N–H and O–H groups in total. The number of alkyl carbamates (subject to hydrolysis) is 1. The molecule has 0 spiro atoms. The van der Waals surface area contributed by atoms with Crippen molar-refractivity contribution in [1.82, 2.24) is 5.32 Å². The quantitative estimate of drug-likeness (QED) is 0.505. The maximum atomic E-state index is 13.1. The summed E-state index contributed by atoms with van der Waals surface area (Å²) in [5, 5.41) is 2.83. The van der Waals surface area contributed by atoms with Crippen molar-refractivity contribution in [2.24, 2.45) is 0 Å². The Morgan fingerprint density at radius 3 is 2.25 bits per heavy atom. The van der Waals surface area contributed by atoms with E-state index in [9.17, 15) is 9.59 Å². The number of nitrogens with zero attached hydrogens (tertiary/aromatic N) is 1. The minimum absolute atomic E-state index is 0.0217. The molecule has 1 aliphatic carbocycles. The van der Waals surface area contributed by atoms with Crippen molar-refractivity contribution in [1.29, 1.82) is 0 Å². The first kappa shape index (κ1) is 28.3. The highest BCUT2D eigenvalue weighted by Crippen LogP contribution is 2.40. The Bertz CT molecular complexity index is 945. The molecule has 1 heterocycles. The molecular formula is C27H44N2O6Si. The van der Waals surface area contributed by atoms with Crippen LogP contribution in [0.15, 0.2) is 18.2 Å². The van der Waals surface area contributed by atoms with Gasteiger partial charge < -0.3 is 28.9 Å². The number of carbonyl (C=O) groups is 2. The highest BCUT2D eigenvalue weighted by Gasteiger charge is 2.40. The number of likely N-dealkylation sites (N-methyl/N-ethyl adjacent to an activating group) is 1. The standard InChI is InChI=1S/C27H44N2O6Si/c1-26(2,3)34-25(31)28-21-17-32-23-15-14-20(16-22(23)29(7)24(21)30)33-18-10-12-19(13-11-18)35-36(8,9)27(4,5)6/h14-16,18-19,21H,10-13,17H2,1-9H3,(H,28,31)/t18?,19?,21-/m0/s1. The molecule has 8 nitrogen and oxygen atoms in total. The van der Waals surface area contributed by atoms with Crippen LogP contribution in [0.5, 0.6) is 11.5 Å². The zero-order chi connectivity index (χ0) is 26.9. The summed E-state index contributed by atoms with van der Waals surface area (Å²) < 4.78 is 24.1. The number of nitrogens with one attached hydrogen (secondary N) is 1. The second-order valence-corrected chi connectivity index (χ2v) is 17.2. The van der Waals surface area contributed by atoms with E-state index in [0.717, 1.165) is 25.7 Å². The Morgan fingerprint density at radius 1 is 1.06 bits per heavy atom. The number of anilines is 1. The molecule has 3 rings (SSSR count). The Kier molecular flexibility index (Phi) is 8.35. The lowest BCUT2D eigenvalue weighted by molar-refractivity contribution is -0.120. The maximum Gasteiger partial charge on any atom is 0.408 e. The molecule has 0 unspecified atom stereocenters. The van der Waals surface area contributed by atoms with Gasteiger partial charge in [-0.2, -0.15) is 0 Å². The summed E-state index contributed by atoms with van der Waals surface area (Å²) in [6, 6.07) is 4.67. The summed E-state index contributed by atoms with van der Waals surface area (Å²) in [4.78, 5) is 26.8. The molecular weight excluding hydrogens is 476 g/mol. The second kappa shape index (κ2) is 10.6. The molecule has 1 saturated carbocycles. The fourth-order valence-electron chi connectivity index (χ4n) is 4.16. The number of carbonyl (C=O) groups excluding carboxylic acids is 2. The SMILES string of the molecule is CN1C(=O)[C@@H](NC(=O)OC(C)(C)C)COc2ccc(OC3CCC(O[Si](C)(C)C(C)(C)C)CC3)cc21. The van der Waals surface area contributed by atoms with Crippen LogP contribution in [0.4, 0.5) is 10.5 Å². The third-order valence-corrected chi connectivity index (χ3v) is 11.7. The molecule has 0 radical (unpaired) electrons. The van der Waals surface area contributed by atoms with Gasteiger partial charge in [-0.3, -0.25) is 4.79 Å². The Balaban J connectivity index is 1.60. The number of hydrogen-bond donors (Lipinski definition) is 1. The largest absolute Gasteiger partial charge is 0.490 e. The topological polar surface area (TPSA) is 86.3 Å². The molecule has 0 bridgehead atoms. The van der Waals surface area contributed by atoms with Gasteiger partial charge in [0.1, 0.15) is 29.7 Å². The van der Waals surface area contributed by atoms with E-state index in [1.165, 1.54) is 4.90 Å². The van der Waals surface area contributed by atoms with Crippen molar-refractivity contribution < 1.29 is 28.2 Å². The van der Waals surface area contributed by atoms with Crippen LogP contribution in [-0.4, -0.2) is 57.8 Å². The highest BCUT2D eigenvalue weighted by atomic mass is 28.4. The average molecular weight is 521 g/mol. The third-order valence-electron chi connectivity index (χ3n) is 7.21. The molecule has 2 amide bonds. The van der Waals surface area contributed by atoms with Gasteiger partial charge in [0, 0.05) is 19.2 Å². The molecule has 0 saturated heterocycles. The molecule has 1 aliphatic heterocycles. The van der Waals surface area contributed by atoms with Gasteiger partial charge in [0.15, 0.2) is 8.32 Å². The molecule has 1 fully saturated rings. The summed E-state index contributed by atoms with van der Waals surface area (Å²) in [6.45, 7) is 16.8. The average Bonchev–Trinajstić information content (AvgIpc) is 2.85. The highest BCUT2D eigenvalue weighted by molar-refractivity contribution is 6.74. The lowest BCUT2D eigenvalue weighted by atomic mass is 9.95. The molecule has 1 aromatic rings. The van der Waals surface area contributed by atoms with E-state index in [1.807, 2.05) is 18.2 Å². The smallest absolute Gasteiger partial charge is 0.408 e. The Morgan fingerprint density at radius 2 is 1.67 bits per heavy atom. The Labute approximate surface area is 217 Å². The van der Waals surface area contributed by atoms with Crippen LogP contribution in [0.25, 0.3) is 0 Å². The minimum atomic E-state index is -1.78. The molecule has 0 aromatic heterocycles. The van der Waals surface area contributed by atoms with Crippen molar-refractivity contribution >= 4 is 26.0 Å². The summed E-state index contributed by atoms with van der Waals surface area (Å²) in [6.07, 6.45) is 3.60. The normalized spacial score (nSPS) is 23.3. The van der Waals surface area contributed by atoms with Crippen molar-refractivity contribution in [2.45, 2.75) is 109 Å². The number of amides is 2. The van der Waals surface area contributed by atoms with E-state index in [0.29, 0.717) is 23.3 Å². The number of fused-ring (bicyclic) bond motifs is 1. The lowest BCUT2D eigenvalue weighted by Crippen LogP contribution is -2.50. The summed E-state index contributed by atoms with van der Waals surface area (Å²) in [5.74, 6) is 0.988. The fraction of sp³-hybridized carbons (Fsp3) is 0.704. The molecule has 9 heteroatoms. The van der Waals surface area contributed by atoms with Gasteiger partial charge in [-0.15, -0.1) is 0 Å². The van der Waals surface area contributed by atoms with Gasteiger partial charge in [-0.05, 0) is 76.7 Å². The monoisotopic (exact) mass is 520 g/mol. The van der Waals surface area contributed by atoms with E-state index in [2.05, 4.69) is 39.2 Å². The van der Waals surface area contributed by atoms with Crippen molar-refractivity contribution in [3.05, 3.63) is 18.2 Å². The van der Waals surface area contributed by atoms with E-state index in [-0.39, 0.29) is 23.7 Å². The van der Waals surface area contributed by atoms with Crippen LogP contribution in [0, 0.1) is 0 Å². The predicted molar refractivity (Wildman–Crippen MR) is 143 cm³/mol. The Hall–Kier alpha value is -2.26. The zero-order valence-corrected chi connectivity index (χ0v) is 24.4. The number of hydrogen-bond acceptors (Lipinski definition) is 6. The van der Waals surface area contributed by atoms with E-state index in [4.69, 9.17) is 18.6 Å². The number of rotatable bonds is 5. The third kappa shape index (κ3) is 7.15. The van der Waals surface area contributed by atoms with Crippen LogP contribution >= 0.6 is 0 Å².